The highest BCUT2D eigenvalue weighted by Crippen LogP contribution is 2.38. The second-order valence-corrected chi connectivity index (χ2v) is 8.71. The fraction of sp³-hybridized carbons (Fsp3) is 0.250. The number of urea groups is 1. The minimum atomic E-state index is -4.79. The standard InChI is InChI=1S/C24H21F5N8O2/c25-17-7-13(8-18(26)21(17)36(23(31)38)19-9-14(1-2-32-19)24(27,28)29)16-10-15(11-35-3-5-39-6-4-35)37-20(16)22(30)33-12-34-37/h1-2,7-10,12H,3-6,11H2,(H2,31,38)(H2,30,33,34). The van der Waals surface area contributed by atoms with Crippen LogP contribution in [0.15, 0.2) is 42.9 Å². The summed E-state index contributed by atoms with van der Waals surface area (Å²) >= 11 is 0. The van der Waals surface area contributed by atoms with Gasteiger partial charge in [-0.3, -0.25) is 4.90 Å². The Morgan fingerprint density at radius 3 is 2.41 bits per heavy atom. The summed E-state index contributed by atoms with van der Waals surface area (Å²) in [4.78, 5) is 22.2. The molecule has 0 saturated carbocycles. The van der Waals surface area contributed by atoms with Gasteiger partial charge < -0.3 is 16.2 Å². The Morgan fingerprint density at radius 2 is 1.77 bits per heavy atom. The van der Waals surface area contributed by atoms with Crippen molar-refractivity contribution < 1.29 is 31.5 Å². The molecule has 0 unspecified atom stereocenters. The van der Waals surface area contributed by atoms with Crippen LogP contribution in [0.3, 0.4) is 0 Å². The third-order valence-electron chi connectivity index (χ3n) is 6.22. The number of nitrogen functional groups attached to an aromatic ring is 1. The largest absolute Gasteiger partial charge is 0.416 e. The number of benzene rings is 1. The van der Waals surface area contributed by atoms with Gasteiger partial charge in [0.15, 0.2) is 17.5 Å². The summed E-state index contributed by atoms with van der Waals surface area (Å²) in [5.74, 6) is -3.19. The van der Waals surface area contributed by atoms with Crippen molar-refractivity contribution in [3.05, 3.63) is 65.7 Å². The molecule has 39 heavy (non-hydrogen) atoms. The second kappa shape index (κ2) is 10.1. The van der Waals surface area contributed by atoms with Crippen LogP contribution in [0.2, 0.25) is 0 Å². The van der Waals surface area contributed by atoms with Gasteiger partial charge in [0.05, 0.1) is 24.5 Å². The molecule has 10 nitrogen and oxygen atoms in total. The first-order valence-electron chi connectivity index (χ1n) is 11.6. The Kier molecular flexibility index (Phi) is 6.78. The molecular weight excluding hydrogens is 527 g/mol. The lowest BCUT2D eigenvalue weighted by Gasteiger charge is -2.26. The van der Waals surface area contributed by atoms with Gasteiger partial charge in [-0.15, -0.1) is 0 Å². The van der Waals surface area contributed by atoms with Crippen LogP contribution < -0.4 is 16.4 Å². The number of nitrogens with two attached hydrogens (primary N) is 2. The van der Waals surface area contributed by atoms with Gasteiger partial charge in [-0.1, -0.05) is 0 Å². The predicted molar refractivity (Wildman–Crippen MR) is 130 cm³/mol. The van der Waals surface area contributed by atoms with Crippen LogP contribution >= 0.6 is 0 Å². The Labute approximate surface area is 217 Å². The molecule has 0 radical (unpaired) electrons. The number of anilines is 3. The number of hydrogen-bond donors (Lipinski definition) is 2. The molecule has 204 valence electrons. The number of carbonyl (C=O) groups is 1. The summed E-state index contributed by atoms with van der Waals surface area (Å²) < 4.78 is 77.5. The highest BCUT2D eigenvalue weighted by molar-refractivity contribution is 5.98. The first-order valence-corrected chi connectivity index (χ1v) is 11.6. The van der Waals surface area contributed by atoms with Gasteiger partial charge in [-0.25, -0.2) is 33.0 Å². The molecule has 1 aromatic carbocycles. The van der Waals surface area contributed by atoms with Gasteiger partial charge in [0, 0.05) is 31.4 Å². The number of ether oxygens (including phenoxy) is 1. The SMILES string of the molecule is NC(=O)N(c1cc(C(F)(F)F)ccn1)c1c(F)cc(-c2cc(CN3CCOCC3)n3ncnc(N)c23)cc1F. The molecule has 15 heteroatoms. The van der Waals surface area contributed by atoms with E-state index < -0.39 is 40.9 Å². The van der Waals surface area contributed by atoms with Crippen LogP contribution in [0.4, 0.5) is 44.1 Å². The summed E-state index contributed by atoms with van der Waals surface area (Å²) in [5, 5.41) is 4.25. The van der Waals surface area contributed by atoms with Crippen molar-refractivity contribution in [2.45, 2.75) is 12.7 Å². The van der Waals surface area contributed by atoms with E-state index in [1.165, 1.54) is 10.8 Å². The van der Waals surface area contributed by atoms with Crippen LogP contribution in [0.25, 0.3) is 16.6 Å². The van der Waals surface area contributed by atoms with Crippen molar-refractivity contribution >= 4 is 28.9 Å². The molecule has 5 rings (SSSR count). The minimum Gasteiger partial charge on any atom is -0.382 e. The number of aromatic nitrogens is 4. The number of primary amides is 1. The van der Waals surface area contributed by atoms with Crippen molar-refractivity contribution in [2.24, 2.45) is 5.73 Å². The number of rotatable bonds is 5. The van der Waals surface area contributed by atoms with Gasteiger partial charge in [0.25, 0.3) is 0 Å². The molecule has 3 aromatic heterocycles. The quantitative estimate of drug-likeness (QED) is 0.364. The molecule has 1 aliphatic rings. The Balaban J connectivity index is 1.60. The summed E-state index contributed by atoms with van der Waals surface area (Å²) in [6.07, 6.45) is -2.78. The summed E-state index contributed by atoms with van der Waals surface area (Å²) in [5.41, 5.74) is 10.6. The number of pyridine rings is 1. The van der Waals surface area contributed by atoms with Crippen molar-refractivity contribution in [3.8, 4) is 11.1 Å². The van der Waals surface area contributed by atoms with Crippen LogP contribution in [0.1, 0.15) is 11.3 Å². The van der Waals surface area contributed by atoms with E-state index in [9.17, 15) is 18.0 Å². The molecule has 1 saturated heterocycles. The highest BCUT2D eigenvalue weighted by atomic mass is 19.4. The first-order chi connectivity index (χ1) is 18.5. The summed E-state index contributed by atoms with van der Waals surface area (Å²) in [6, 6.07) is 3.19. The topological polar surface area (TPSA) is 128 Å². The second-order valence-electron chi connectivity index (χ2n) is 8.71. The lowest BCUT2D eigenvalue weighted by molar-refractivity contribution is -0.137. The smallest absolute Gasteiger partial charge is 0.382 e. The van der Waals surface area contributed by atoms with Crippen LogP contribution in [-0.2, 0) is 17.5 Å². The monoisotopic (exact) mass is 548 g/mol. The number of alkyl halides is 3. The third-order valence-corrected chi connectivity index (χ3v) is 6.22. The van der Waals surface area contributed by atoms with Gasteiger partial charge in [-0.05, 0) is 35.9 Å². The molecule has 0 atom stereocenters. The maximum absolute atomic E-state index is 15.5. The number of hydrogen-bond acceptors (Lipinski definition) is 7. The van der Waals surface area contributed by atoms with E-state index in [4.69, 9.17) is 16.2 Å². The number of amides is 2. The highest BCUT2D eigenvalue weighted by Gasteiger charge is 2.33. The number of carbonyl (C=O) groups excluding carboxylic acids is 1. The molecule has 0 spiro atoms. The van der Waals surface area contributed by atoms with E-state index in [1.807, 2.05) is 0 Å². The van der Waals surface area contributed by atoms with E-state index in [-0.39, 0.29) is 16.3 Å². The van der Waals surface area contributed by atoms with E-state index in [1.54, 1.807) is 6.07 Å². The molecule has 0 aliphatic carbocycles. The number of nitrogens with zero attached hydrogens (tertiary/aromatic N) is 6. The average molecular weight is 548 g/mol. The van der Waals surface area contributed by atoms with Crippen molar-refractivity contribution in [2.75, 3.05) is 36.9 Å². The fourth-order valence-electron chi connectivity index (χ4n) is 4.44. The Bertz CT molecular complexity index is 1530. The third kappa shape index (κ3) is 5.05. The van der Waals surface area contributed by atoms with Gasteiger partial charge in [0.2, 0.25) is 0 Å². The van der Waals surface area contributed by atoms with Crippen LogP contribution in [0, 0.1) is 11.6 Å². The van der Waals surface area contributed by atoms with Gasteiger partial charge in [-0.2, -0.15) is 18.3 Å². The lowest BCUT2D eigenvalue weighted by atomic mass is 10.0. The molecule has 4 aromatic rings. The van der Waals surface area contributed by atoms with Gasteiger partial charge >= 0.3 is 12.2 Å². The van der Waals surface area contributed by atoms with Crippen molar-refractivity contribution in [1.29, 1.82) is 0 Å². The summed E-state index contributed by atoms with van der Waals surface area (Å²) in [6.45, 7) is 2.91. The first kappa shape index (κ1) is 26.2. The number of morpholine rings is 1. The molecule has 4 N–H and O–H groups in total. The molecule has 2 amide bonds. The zero-order valence-corrected chi connectivity index (χ0v) is 20.1. The maximum Gasteiger partial charge on any atom is 0.416 e. The predicted octanol–water partition coefficient (Wildman–Crippen LogP) is 3.72. The molecular formula is C24H21F5N8O2. The Morgan fingerprint density at radius 1 is 1.08 bits per heavy atom. The Hall–Kier alpha value is -4.37. The normalized spacial score (nSPS) is 14.6. The average Bonchev–Trinajstić information content (AvgIpc) is 3.25. The maximum atomic E-state index is 15.5. The molecule has 0 bridgehead atoms. The number of halogens is 5. The number of fused-ring (bicyclic) bond motifs is 1. The zero-order valence-electron chi connectivity index (χ0n) is 20.1. The van der Waals surface area contributed by atoms with E-state index >= 15 is 8.78 Å². The fourth-order valence-corrected chi connectivity index (χ4v) is 4.44. The minimum absolute atomic E-state index is 0.0300. The van der Waals surface area contributed by atoms with Crippen molar-refractivity contribution in [3.63, 3.8) is 0 Å². The van der Waals surface area contributed by atoms with E-state index in [0.29, 0.717) is 61.8 Å². The molecule has 4 heterocycles. The molecule has 1 aliphatic heterocycles. The van der Waals surface area contributed by atoms with E-state index in [2.05, 4.69) is 20.0 Å². The van der Waals surface area contributed by atoms with E-state index in [0.717, 1.165) is 18.3 Å². The lowest BCUT2D eigenvalue weighted by Crippen LogP contribution is -2.36. The summed E-state index contributed by atoms with van der Waals surface area (Å²) in [7, 11) is 0. The molecule has 1 fully saturated rings. The van der Waals surface area contributed by atoms with Crippen LogP contribution in [0.5, 0.6) is 0 Å². The zero-order chi connectivity index (χ0) is 27.9. The van der Waals surface area contributed by atoms with Crippen molar-refractivity contribution in [1.82, 2.24) is 24.5 Å². The van der Waals surface area contributed by atoms with Crippen LogP contribution in [-0.4, -0.2) is 56.8 Å². The van der Waals surface area contributed by atoms with Gasteiger partial charge in [0.1, 0.15) is 23.3 Å².